The fourth-order valence-corrected chi connectivity index (χ4v) is 3.19. The lowest BCUT2D eigenvalue weighted by atomic mass is 10.1. The largest absolute Gasteiger partial charge is 0.486 e. The number of para-hydroxylation sites is 1. The smallest absolute Gasteiger partial charge is 0.418 e. The number of pyridine rings is 1. The van der Waals surface area contributed by atoms with Crippen molar-refractivity contribution in [3.05, 3.63) is 36.0 Å². The zero-order chi connectivity index (χ0) is 20.6. The number of ether oxygens (including phenoxy) is 2. The summed E-state index contributed by atoms with van der Waals surface area (Å²) in [5.74, 6) is 1.82. The summed E-state index contributed by atoms with van der Waals surface area (Å²) in [6.45, 7) is 5.39. The lowest BCUT2D eigenvalue weighted by molar-refractivity contribution is -0.136. The number of nitrogens with zero attached hydrogens (tertiary/aromatic N) is 1. The Hall–Kier alpha value is -3.10. The molecule has 0 saturated heterocycles. The lowest BCUT2D eigenvalue weighted by Gasteiger charge is -2.21. The van der Waals surface area contributed by atoms with Gasteiger partial charge in [0.25, 0.3) is 0 Å². The molecule has 6 nitrogen and oxygen atoms in total. The molecular weight excluding hydrogens is 385 g/mol. The van der Waals surface area contributed by atoms with E-state index in [2.05, 4.69) is 20.6 Å². The second kappa shape index (κ2) is 7.38. The molecule has 0 saturated carbocycles. The van der Waals surface area contributed by atoms with Crippen LogP contribution >= 0.6 is 0 Å². The van der Waals surface area contributed by atoms with Gasteiger partial charge in [-0.05, 0) is 18.1 Å². The minimum atomic E-state index is -4.48. The van der Waals surface area contributed by atoms with E-state index in [9.17, 15) is 13.2 Å². The number of H-pyrrole nitrogens is 1. The number of alkyl halides is 3. The van der Waals surface area contributed by atoms with Crippen molar-refractivity contribution in [2.75, 3.05) is 30.4 Å². The topological polar surface area (TPSA) is 71.2 Å². The second-order valence-corrected chi connectivity index (χ2v) is 7.21. The molecule has 0 radical (unpaired) electrons. The van der Waals surface area contributed by atoms with Crippen LogP contribution < -0.4 is 20.1 Å². The van der Waals surface area contributed by atoms with E-state index in [4.69, 9.17) is 9.47 Å². The van der Waals surface area contributed by atoms with Crippen LogP contribution in [0.2, 0.25) is 0 Å². The molecule has 0 amide bonds. The van der Waals surface area contributed by atoms with Gasteiger partial charge in [0.2, 0.25) is 0 Å². The quantitative estimate of drug-likeness (QED) is 0.546. The molecule has 29 heavy (non-hydrogen) atoms. The van der Waals surface area contributed by atoms with Gasteiger partial charge in [-0.1, -0.05) is 19.9 Å². The Morgan fingerprint density at radius 3 is 2.72 bits per heavy atom. The Kier molecular flexibility index (Phi) is 4.89. The minimum absolute atomic E-state index is 0.0263. The summed E-state index contributed by atoms with van der Waals surface area (Å²) < 4.78 is 51.6. The average Bonchev–Trinajstić information content (AvgIpc) is 3.11. The van der Waals surface area contributed by atoms with E-state index >= 15 is 0 Å². The predicted molar refractivity (Wildman–Crippen MR) is 105 cm³/mol. The van der Waals surface area contributed by atoms with E-state index in [1.54, 1.807) is 18.2 Å². The summed E-state index contributed by atoms with van der Waals surface area (Å²) >= 11 is 0. The normalized spacial score (nSPS) is 13.7. The average molecular weight is 406 g/mol. The highest BCUT2D eigenvalue weighted by molar-refractivity contribution is 5.95. The summed E-state index contributed by atoms with van der Waals surface area (Å²) in [5.41, 5.74) is 0.399. The minimum Gasteiger partial charge on any atom is -0.486 e. The number of anilines is 3. The molecule has 0 unspecified atom stereocenters. The van der Waals surface area contributed by atoms with E-state index in [1.165, 1.54) is 0 Å². The highest BCUT2D eigenvalue weighted by atomic mass is 19.4. The Morgan fingerprint density at radius 1 is 1.17 bits per heavy atom. The summed E-state index contributed by atoms with van der Waals surface area (Å²) in [4.78, 5) is 6.98. The van der Waals surface area contributed by atoms with Gasteiger partial charge in [0, 0.05) is 24.5 Å². The van der Waals surface area contributed by atoms with Crippen molar-refractivity contribution in [1.82, 2.24) is 9.97 Å². The molecule has 3 N–H and O–H groups in total. The maximum absolute atomic E-state index is 13.4. The van der Waals surface area contributed by atoms with Crippen molar-refractivity contribution in [3.8, 4) is 11.5 Å². The standard InChI is InChI=1S/C20H21F3N4O2/c1-11(2)9-24-14-8-16(27-19-17(14)12(10-25-19)20(21,22)23)26-13-4-3-5-15-18(13)29-7-6-28-15/h3-5,8,10-11H,6-7,9H2,1-2H3,(H3,24,25,26,27). The molecule has 0 atom stereocenters. The van der Waals surface area contributed by atoms with E-state index in [0.29, 0.717) is 48.5 Å². The van der Waals surface area contributed by atoms with Crippen molar-refractivity contribution in [2.24, 2.45) is 5.92 Å². The molecule has 0 aliphatic carbocycles. The second-order valence-electron chi connectivity index (χ2n) is 7.21. The summed E-state index contributed by atoms with van der Waals surface area (Å²) in [6.07, 6.45) is -3.53. The highest BCUT2D eigenvalue weighted by Crippen LogP contribution is 2.41. The van der Waals surface area contributed by atoms with Crippen LogP contribution in [0.3, 0.4) is 0 Å². The zero-order valence-electron chi connectivity index (χ0n) is 16.0. The monoisotopic (exact) mass is 406 g/mol. The molecule has 1 aliphatic rings. The van der Waals surface area contributed by atoms with E-state index < -0.39 is 11.7 Å². The van der Waals surface area contributed by atoms with Crippen LogP contribution in [0, 0.1) is 5.92 Å². The van der Waals surface area contributed by atoms with Gasteiger partial charge in [0.1, 0.15) is 24.7 Å². The van der Waals surface area contributed by atoms with Crippen LogP contribution in [-0.2, 0) is 6.18 Å². The maximum Gasteiger partial charge on any atom is 0.418 e. The zero-order valence-corrected chi connectivity index (χ0v) is 16.0. The molecule has 1 aromatic carbocycles. The van der Waals surface area contributed by atoms with Gasteiger partial charge in [-0.15, -0.1) is 0 Å². The number of hydrogen-bond acceptors (Lipinski definition) is 5. The third kappa shape index (κ3) is 3.90. The SMILES string of the molecule is CC(C)CNc1cc(Nc2cccc3c2OCCO3)nc2[nH]cc(C(F)(F)F)c12. The number of hydrogen-bond donors (Lipinski definition) is 3. The van der Waals surface area contributed by atoms with Gasteiger partial charge in [0.15, 0.2) is 11.5 Å². The number of aromatic amines is 1. The first-order valence-electron chi connectivity index (χ1n) is 9.31. The molecule has 3 heterocycles. The first kappa shape index (κ1) is 19.2. The van der Waals surface area contributed by atoms with Gasteiger partial charge in [-0.3, -0.25) is 0 Å². The Bertz CT molecular complexity index is 1030. The number of rotatable bonds is 5. The molecule has 154 valence electrons. The molecular formula is C20H21F3N4O2. The first-order valence-corrected chi connectivity index (χ1v) is 9.31. The molecule has 2 aromatic heterocycles. The molecule has 1 aliphatic heterocycles. The van der Waals surface area contributed by atoms with E-state index in [1.807, 2.05) is 19.9 Å². The number of aromatic nitrogens is 2. The Balaban J connectivity index is 1.76. The van der Waals surface area contributed by atoms with Crippen LogP contribution in [0.4, 0.5) is 30.4 Å². The van der Waals surface area contributed by atoms with Gasteiger partial charge >= 0.3 is 6.18 Å². The lowest BCUT2D eigenvalue weighted by Crippen LogP contribution is -2.16. The molecule has 0 bridgehead atoms. The third-order valence-electron chi connectivity index (χ3n) is 4.48. The molecule has 0 fully saturated rings. The summed E-state index contributed by atoms with van der Waals surface area (Å²) in [5, 5.41) is 6.29. The van der Waals surface area contributed by atoms with Crippen LogP contribution in [0.15, 0.2) is 30.5 Å². The fraction of sp³-hybridized carbons (Fsp3) is 0.350. The van der Waals surface area contributed by atoms with E-state index in [0.717, 1.165) is 6.20 Å². The number of nitrogens with one attached hydrogen (secondary N) is 3. The van der Waals surface area contributed by atoms with Crippen molar-refractivity contribution in [3.63, 3.8) is 0 Å². The molecule has 4 rings (SSSR count). The summed E-state index contributed by atoms with van der Waals surface area (Å²) in [6, 6.07) is 6.99. The first-order chi connectivity index (χ1) is 13.8. The molecule has 9 heteroatoms. The maximum atomic E-state index is 13.4. The molecule has 0 spiro atoms. The van der Waals surface area contributed by atoms with Gasteiger partial charge < -0.3 is 25.1 Å². The van der Waals surface area contributed by atoms with Crippen molar-refractivity contribution >= 4 is 28.2 Å². The fourth-order valence-electron chi connectivity index (χ4n) is 3.19. The Morgan fingerprint density at radius 2 is 1.97 bits per heavy atom. The van der Waals surface area contributed by atoms with Gasteiger partial charge in [-0.2, -0.15) is 13.2 Å². The van der Waals surface area contributed by atoms with Crippen LogP contribution in [0.25, 0.3) is 11.0 Å². The Labute approximate surface area is 165 Å². The third-order valence-corrected chi connectivity index (χ3v) is 4.48. The van der Waals surface area contributed by atoms with Gasteiger partial charge in [0.05, 0.1) is 16.6 Å². The number of halogens is 3. The van der Waals surface area contributed by atoms with Crippen LogP contribution in [0.5, 0.6) is 11.5 Å². The number of fused-ring (bicyclic) bond motifs is 2. The highest BCUT2D eigenvalue weighted by Gasteiger charge is 2.35. The van der Waals surface area contributed by atoms with Crippen LogP contribution in [-0.4, -0.2) is 29.7 Å². The van der Waals surface area contributed by atoms with Crippen molar-refractivity contribution in [1.29, 1.82) is 0 Å². The van der Waals surface area contributed by atoms with E-state index in [-0.39, 0.29) is 17.0 Å². The number of benzene rings is 1. The summed E-state index contributed by atoms with van der Waals surface area (Å²) in [7, 11) is 0. The predicted octanol–water partition coefficient (Wildman–Crippen LogP) is 5.16. The van der Waals surface area contributed by atoms with Crippen LogP contribution in [0.1, 0.15) is 19.4 Å². The van der Waals surface area contributed by atoms with Crippen molar-refractivity contribution < 1.29 is 22.6 Å². The molecule has 3 aromatic rings. The van der Waals surface area contributed by atoms with Crippen molar-refractivity contribution in [2.45, 2.75) is 20.0 Å². The van der Waals surface area contributed by atoms with Gasteiger partial charge in [-0.25, -0.2) is 4.98 Å².